The third-order valence-electron chi connectivity index (χ3n) is 0.283. The molecule has 0 saturated carbocycles. The second-order valence-electron chi connectivity index (χ2n) is 1.30. The van der Waals surface area contributed by atoms with Crippen LogP contribution in [-0.4, -0.2) is 15.9 Å². The van der Waals surface area contributed by atoms with Crippen LogP contribution in [0.25, 0.3) is 10.4 Å². The van der Waals surface area contributed by atoms with E-state index >= 15 is 0 Å². The van der Waals surface area contributed by atoms with E-state index in [-0.39, 0.29) is 5.67 Å². The average molecular weight is 101 g/mol. The summed E-state index contributed by atoms with van der Waals surface area (Å²) in [4.78, 5) is 2.59. The zero-order valence-electron chi connectivity index (χ0n) is 3.92. The Kier molecular flexibility index (Phi) is 2.53. The molecule has 6 heavy (non-hydrogen) atoms. The Morgan fingerprint density at radius 2 is 2.50 bits per heavy atom. The van der Waals surface area contributed by atoms with E-state index < -0.39 is 0 Å². The first-order chi connectivity index (χ1) is 2.77. The highest BCUT2D eigenvalue weighted by Gasteiger charge is 1.78. The van der Waals surface area contributed by atoms with Crippen LogP contribution in [0, 0.1) is 0 Å². The highest BCUT2D eigenvalue weighted by molar-refractivity contribution is 6.11. The van der Waals surface area contributed by atoms with E-state index in [2.05, 4.69) is 10.0 Å². The summed E-state index contributed by atoms with van der Waals surface area (Å²) < 4.78 is 0. The molecule has 4 heteroatoms. The molecule has 0 aromatic heterocycles. The molecule has 0 aromatic carbocycles. The van der Waals surface area contributed by atoms with Gasteiger partial charge in [0, 0.05) is 20.8 Å². The summed E-state index contributed by atoms with van der Waals surface area (Å²) in [7, 11) is 0.958. The summed E-state index contributed by atoms with van der Waals surface area (Å²) in [5.74, 6) is 0. The largest absolute Gasteiger partial charge is 0.0948 e. The predicted molar refractivity (Wildman–Crippen MR) is 28.5 cm³/mol. The van der Waals surface area contributed by atoms with E-state index in [1.54, 1.807) is 0 Å². The van der Waals surface area contributed by atoms with Crippen LogP contribution in [0.15, 0.2) is 5.11 Å². The summed E-state index contributed by atoms with van der Waals surface area (Å²) >= 11 is 0. The highest BCUT2D eigenvalue weighted by atomic mass is 28.1. The van der Waals surface area contributed by atoms with E-state index in [1.165, 1.54) is 0 Å². The molecular weight excluding hydrogens is 94.1 g/mol. The molecule has 0 spiro atoms. The van der Waals surface area contributed by atoms with Crippen LogP contribution in [0.4, 0.5) is 0 Å². The highest BCUT2D eigenvalue weighted by Crippen LogP contribution is 1.76. The normalized spacial score (nSPS) is 12.8. The maximum absolute atomic E-state index is 7.72. The van der Waals surface area contributed by atoms with E-state index in [0.29, 0.717) is 0 Å². The lowest BCUT2D eigenvalue weighted by Crippen LogP contribution is -1.90. The minimum Gasteiger partial charge on any atom is -0.0948 e. The molecule has 0 rings (SSSR count). The van der Waals surface area contributed by atoms with Gasteiger partial charge in [0.15, 0.2) is 0 Å². The van der Waals surface area contributed by atoms with Crippen molar-refractivity contribution in [1.82, 2.24) is 0 Å². The molecule has 0 radical (unpaired) electrons. The van der Waals surface area contributed by atoms with Gasteiger partial charge in [0.2, 0.25) is 0 Å². The summed E-state index contributed by atoms with van der Waals surface area (Å²) in [5.41, 5.74) is 7.96. The first-order valence-electron chi connectivity index (χ1n) is 1.81. The van der Waals surface area contributed by atoms with Crippen molar-refractivity contribution in [2.45, 2.75) is 12.6 Å². The molecule has 0 aliphatic carbocycles. The molecule has 0 bridgehead atoms. The van der Waals surface area contributed by atoms with Crippen molar-refractivity contribution in [1.29, 1.82) is 0 Å². The standard InChI is InChI=1S/C2H7N3Si/c1-2(6)4-5-3/h2H,1,6H3. The molecule has 3 nitrogen and oxygen atoms in total. The van der Waals surface area contributed by atoms with Crippen LogP contribution in [-0.2, 0) is 0 Å². The topological polar surface area (TPSA) is 48.8 Å². The Bertz CT molecular complexity index is 72.9. The van der Waals surface area contributed by atoms with Crippen molar-refractivity contribution in [3.8, 4) is 0 Å². The maximum Gasteiger partial charge on any atom is 0.0198 e. The van der Waals surface area contributed by atoms with Crippen LogP contribution in [0.5, 0.6) is 0 Å². The van der Waals surface area contributed by atoms with Crippen molar-refractivity contribution < 1.29 is 0 Å². The fourth-order valence-electron chi connectivity index (χ4n) is 0.103. The first kappa shape index (κ1) is 5.53. The van der Waals surface area contributed by atoms with Crippen LogP contribution >= 0.6 is 0 Å². The van der Waals surface area contributed by atoms with Crippen molar-refractivity contribution >= 4 is 10.2 Å². The second kappa shape index (κ2) is 2.75. The predicted octanol–water partition coefficient (Wildman–Crippen LogP) is 0.00810. The van der Waals surface area contributed by atoms with Crippen LogP contribution in [0.1, 0.15) is 6.92 Å². The smallest absolute Gasteiger partial charge is 0.0198 e. The molecule has 1 unspecified atom stereocenters. The van der Waals surface area contributed by atoms with Gasteiger partial charge < -0.3 is 0 Å². The van der Waals surface area contributed by atoms with Crippen molar-refractivity contribution in [2.75, 3.05) is 0 Å². The number of azide groups is 1. The quantitative estimate of drug-likeness (QED) is 0.193. The third kappa shape index (κ3) is 3.53. The van der Waals surface area contributed by atoms with Crippen molar-refractivity contribution in [2.24, 2.45) is 5.11 Å². The number of rotatable bonds is 1. The summed E-state index contributed by atoms with van der Waals surface area (Å²) in [6.07, 6.45) is 0. The Hall–Kier alpha value is -0.473. The van der Waals surface area contributed by atoms with Crippen LogP contribution < -0.4 is 0 Å². The SMILES string of the molecule is CC([SiH3])N=[N+]=[N-]. The summed E-state index contributed by atoms with van der Waals surface area (Å²) in [6.45, 7) is 1.89. The van der Waals surface area contributed by atoms with Crippen LogP contribution in [0.3, 0.4) is 0 Å². The fourth-order valence-corrected chi connectivity index (χ4v) is 0.207. The molecular formula is C2H7N3Si. The Balaban J connectivity index is 3.29. The fraction of sp³-hybridized carbons (Fsp3) is 1.00. The minimum absolute atomic E-state index is 0.245. The molecule has 0 fully saturated rings. The minimum atomic E-state index is 0.245. The van der Waals surface area contributed by atoms with Gasteiger partial charge in [-0.2, -0.15) is 0 Å². The molecule has 0 heterocycles. The Labute approximate surface area is 39.4 Å². The van der Waals surface area contributed by atoms with Gasteiger partial charge in [-0.15, -0.1) is 0 Å². The van der Waals surface area contributed by atoms with Gasteiger partial charge in [-0.25, -0.2) is 0 Å². The molecule has 0 amide bonds. The Morgan fingerprint density at radius 3 is 2.50 bits per heavy atom. The van der Waals surface area contributed by atoms with Crippen molar-refractivity contribution in [3.05, 3.63) is 10.4 Å². The monoisotopic (exact) mass is 101 g/mol. The molecule has 1 atom stereocenters. The average Bonchev–Trinajstić information content (AvgIpc) is 1.35. The van der Waals surface area contributed by atoms with Gasteiger partial charge in [0.25, 0.3) is 0 Å². The molecule has 0 aromatic rings. The Morgan fingerprint density at radius 1 is 2.00 bits per heavy atom. The van der Waals surface area contributed by atoms with Gasteiger partial charge in [-0.05, 0) is 5.53 Å². The van der Waals surface area contributed by atoms with Gasteiger partial charge >= 0.3 is 0 Å². The molecule has 0 saturated heterocycles. The van der Waals surface area contributed by atoms with Gasteiger partial charge in [-0.1, -0.05) is 12.0 Å². The van der Waals surface area contributed by atoms with E-state index in [9.17, 15) is 0 Å². The molecule has 0 N–H and O–H groups in total. The van der Waals surface area contributed by atoms with Crippen LogP contribution in [0.2, 0.25) is 0 Å². The lowest BCUT2D eigenvalue weighted by Gasteiger charge is -1.81. The third-order valence-corrected chi connectivity index (χ3v) is 0.514. The molecule has 0 aliphatic rings. The summed E-state index contributed by atoms with van der Waals surface area (Å²) in [6, 6.07) is 0. The second-order valence-corrected chi connectivity index (χ2v) is 2.97. The zero-order chi connectivity index (χ0) is 4.99. The number of hydrogen-bond acceptors (Lipinski definition) is 1. The summed E-state index contributed by atoms with van der Waals surface area (Å²) in [5, 5.41) is 3.37. The van der Waals surface area contributed by atoms with E-state index in [4.69, 9.17) is 5.53 Å². The number of nitrogens with zero attached hydrogens (tertiary/aromatic N) is 3. The van der Waals surface area contributed by atoms with E-state index in [1.807, 2.05) is 6.92 Å². The lowest BCUT2D eigenvalue weighted by atomic mass is 10.8. The van der Waals surface area contributed by atoms with E-state index in [0.717, 1.165) is 10.2 Å². The van der Waals surface area contributed by atoms with Crippen molar-refractivity contribution in [3.63, 3.8) is 0 Å². The maximum atomic E-state index is 7.72. The zero-order valence-corrected chi connectivity index (χ0v) is 5.92. The lowest BCUT2D eigenvalue weighted by molar-refractivity contribution is 1.01. The number of hydrogen-bond donors (Lipinski definition) is 0. The van der Waals surface area contributed by atoms with Gasteiger partial charge in [0.05, 0.1) is 0 Å². The van der Waals surface area contributed by atoms with Gasteiger partial charge in [-0.3, -0.25) is 0 Å². The first-order valence-corrected chi connectivity index (χ1v) is 2.97. The molecule has 0 aliphatic heterocycles. The van der Waals surface area contributed by atoms with Gasteiger partial charge in [0.1, 0.15) is 0 Å². The molecule has 34 valence electrons.